The Hall–Kier alpha value is -2.62. The van der Waals surface area contributed by atoms with Crippen LogP contribution in [0.15, 0.2) is 77.5 Å². The topological polar surface area (TPSA) is 38.1 Å². The Bertz CT molecular complexity index is 906. The molecule has 0 spiro atoms. The van der Waals surface area contributed by atoms with E-state index in [0.29, 0.717) is 6.04 Å². The molecule has 1 unspecified atom stereocenters. The van der Waals surface area contributed by atoms with Crippen LogP contribution < -0.4 is 0 Å². The van der Waals surface area contributed by atoms with Crippen LogP contribution in [0.4, 0.5) is 0 Å². The molecule has 4 heteroatoms. The molecule has 1 aromatic heterocycles. The van der Waals surface area contributed by atoms with E-state index in [1.807, 2.05) is 36.5 Å². The summed E-state index contributed by atoms with van der Waals surface area (Å²) < 4.78 is 2.22. The van der Waals surface area contributed by atoms with E-state index < -0.39 is 0 Å². The smallest absolute Gasteiger partial charge is 0.246 e. The van der Waals surface area contributed by atoms with Crippen molar-refractivity contribution in [2.45, 2.75) is 59.9 Å². The summed E-state index contributed by atoms with van der Waals surface area (Å²) in [5.74, 6) is 0.124. The summed E-state index contributed by atoms with van der Waals surface area (Å²) in [5, 5.41) is 0. The minimum Gasteiger partial charge on any atom is -0.339 e. The molecule has 0 saturated carbocycles. The molecule has 2 aliphatic rings. The van der Waals surface area contributed by atoms with Gasteiger partial charge in [0, 0.05) is 31.6 Å². The third-order valence-electron chi connectivity index (χ3n) is 6.33. The summed E-state index contributed by atoms with van der Waals surface area (Å²) in [7, 11) is 0. The van der Waals surface area contributed by atoms with Crippen molar-refractivity contribution < 1.29 is 4.79 Å². The molecule has 1 aliphatic carbocycles. The molecule has 1 aromatic rings. The van der Waals surface area contributed by atoms with Crippen LogP contribution in [0.5, 0.6) is 0 Å². The fourth-order valence-electron chi connectivity index (χ4n) is 4.24. The summed E-state index contributed by atoms with van der Waals surface area (Å²) in [6, 6.07) is 0.390. The van der Waals surface area contributed by atoms with E-state index in [-0.39, 0.29) is 11.3 Å². The summed E-state index contributed by atoms with van der Waals surface area (Å²) in [6.45, 7) is 12.8. The number of carbonyl (C=O) groups excluding carboxylic acids is 1. The monoisotopic (exact) mass is 405 g/mol. The van der Waals surface area contributed by atoms with E-state index in [1.54, 1.807) is 6.08 Å². The molecule has 0 radical (unpaired) electrons. The number of carbonyl (C=O) groups is 1. The number of amides is 1. The highest BCUT2D eigenvalue weighted by Crippen LogP contribution is 2.45. The number of likely N-dealkylation sites (tertiary alicyclic amines) is 1. The van der Waals surface area contributed by atoms with Crippen LogP contribution in [0.1, 0.15) is 59.9 Å². The third-order valence-corrected chi connectivity index (χ3v) is 6.33. The summed E-state index contributed by atoms with van der Waals surface area (Å²) in [6.07, 6.45) is 21.6. The van der Waals surface area contributed by atoms with E-state index >= 15 is 0 Å². The zero-order valence-electron chi connectivity index (χ0n) is 19.1. The van der Waals surface area contributed by atoms with E-state index in [2.05, 4.69) is 61.7 Å². The van der Waals surface area contributed by atoms with Gasteiger partial charge in [0.15, 0.2) is 0 Å². The Labute approximate surface area is 181 Å². The lowest BCUT2D eigenvalue weighted by Crippen LogP contribution is -2.41. The standard InChI is InChI=1S/C26H35N3O/c1-20(8-6-9-21(2)18-25(30)28-15-7-16-28)10-11-23-22(3)24(12-13-26(23,4)5)29-17-14-27-19-29/h6,8-11,14,17-19,24H,7,12-13,15-16H2,1-5H3/b9-6+,11-10+,20-8+,21-18+. The van der Waals surface area contributed by atoms with Gasteiger partial charge in [0.1, 0.15) is 0 Å². The zero-order valence-corrected chi connectivity index (χ0v) is 19.1. The lowest BCUT2D eigenvalue weighted by Gasteiger charge is -2.37. The van der Waals surface area contributed by atoms with Crippen LogP contribution in [-0.4, -0.2) is 33.4 Å². The first kappa shape index (κ1) is 22.1. The summed E-state index contributed by atoms with van der Waals surface area (Å²) in [4.78, 5) is 18.1. The number of allylic oxidation sites excluding steroid dienone is 9. The number of aromatic nitrogens is 2. The van der Waals surface area contributed by atoms with E-state index in [9.17, 15) is 4.79 Å². The van der Waals surface area contributed by atoms with E-state index in [4.69, 9.17) is 0 Å². The molecule has 3 rings (SSSR count). The molecule has 1 fully saturated rings. The molecule has 0 N–H and O–H groups in total. The molecule has 160 valence electrons. The van der Waals surface area contributed by atoms with Gasteiger partial charge in [0.25, 0.3) is 0 Å². The molecular formula is C26H35N3O. The second-order valence-electron chi connectivity index (χ2n) is 9.22. The van der Waals surface area contributed by atoms with Crippen molar-refractivity contribution in [3.63, 3.8) is 0 Å². The maximum absolute atomic E-state index is 12.0. The first-order valence-corrected chi connectivity index (χ1v) is 11.0. The van der Waals surface area contributed by atoms with Gasteiger partial charge >= 0.3 is 0 Å². The van der Waals surface area contributed by atoms with Crippen LogP contribution in [0, 0.1) is 5.41 Å². The Morgan fingerprint density at radius 1 is 1.20 bits per heavy atom. The van der Waals surface area contributed by atoms with Crippen molar-refractivity contribution in [2.24, 2.45) is 5.41 Å². The molecule has 1 aliphatic heterocycles. The van der Waals surface area contributed by atoms with Gasteiger partial charge in [-0.1, -0.05) is 49.8 Å². The second-order valence-corrected chi connectivity index (χ2v) is 9.22. The molecule has 0 aromatic carbocycles. The van der Waals surface area contributed by atoms with Crippen molar-refractivity contribution in [3.8, 4) is 0 Å². The quantitative estimate of drug-likeness (QED) is 0.443. The predicted octanol–water partition coefficient (Wildman–Crippen LogP) is 5.80. The van der Waals surface area contributed by atoms with Gasteiger partial charge in [0.05, 0.1) is 12.4 Å². The molecule has 30 heavy (non-hydrogen) atoms. The number of imidazole rings is 1. The molecule has 1 amide bonds. The van der Waals surface area contributed by atoms with Crippen LogP contribution in [0.25, 0.3) is 0 Å². The highest BCUT2D eigenvalue weighted by atomic mass is 16.2. The van der Waals surface area contributed by atoms with Gasteiger partial charge < -0.3 is 9.47 Å². The second kappa shape index (κ2) is 9.46. The third kappa shape index (κ3) is 5.29. The van der Waals surface area contributed by atoms with Crippen molar-refractivity contribution in [1.29, 1.82) is 0 Å². The molecule has 0 bridgehead atoms. The lowest BCUT2D eigenvalue weighted by atomic mass is 9.71. The first-order chi connectivity index (χ1) is 14.3. The van der Waals surface area contributed by atoms with Gasteiger partial charge in [-0.3, -0.25) is 4.79 Å². The van der Waals surface area contributed by atoms with Gasteiger partial charge in [-0.05, 0) is 62.2 Å². The summed E-state index contributed by atoms with van der Waals surface area (Å²) >= 11 is 0. The Balaban J connectivity index is 1.69. The number of rotatable bonds is 6. The zero-order chi connectivity index (χ0) is 21.7. The van der Waals surface area contributed by atoms with Crippen LogP contribution in [0.2, 0.25) is 0 Å². The molecule has 2 heterocycles. The van der Waals surface area contributed by atoms with Crippen LogP contribution in [-0.2, 0) is 4.79 Å². The maximum atomic E-state index is 12.0. The van der Waals surface area contributed by atoms with E-state index in [0.717, 1.165) is 37.9 Å². The highest BCUT2D eigenvalue weighted by Gasteiger charge is 2.32. The Kier molecular flexibility index (Phi) is 6.96. The number of hydrogen-bond donors (Lipinski definition) is 0. The minimum absolute atomic E-state index is 0.124. The highest BCUT2D eigenvalue weighted by molar-refractivity contribution is 5.89. The van der Waals surface area contributed by atoms with Crippen LogP contribution in [0.3, 0.4) is 0 Å². The Morgan fingerprint density at radius 3 is 2.60 bits per heavy atom. The van der Waals surface area contributed by atoms with Gasteiger partial charge in [-0.25, -0.2) is 4.98 Å². The van der Waals surface area contributed by atoms with Crippen molar-refractivity contribution >= 4 is 5.91 Å². The normalized spacial score (nSPS) is 22.8. The van der Waals surface area contributed by atoms with Crippen LogP contribution >= 0.6 is 0 Å². The molecule has 1 saturated heterocycles. The molecule has 1 atom stereocenters. The number of hydrogen-bond acceptors (Lipinski definition) is 2. The largest absolute Gasteiger partial charge is 0.339 e. The average molecular weight is 406 g/mol. The van der Waals surface area contributed by atoms with E-state index in [1.165, 1.54) is 16.7 Å². The van der Waals surface area contributed by atoms with Gasteiger partial charge in [0.2, 0.25) is 5.91 Å². The van der Waals surface area contributed by atoms with Crippen molar-refractivity contribution in [2.75, 3.05) is 13.1 Å². The maximum Gasteiger partial charge on any atom is 0.246 e. The number of nitrogens with zero attached hydrogens (tertiary/aromatic N) is 3. The van der Waals surface area contributed by atoms with Crippen molar-refractivity contribution in [1.82, 2.24) is 14.5 Å². The minimum atomic E-state index is 0.124. The predicted molar refractivity (Wildman–Crippen MR) is 124 cm³/mol. The van der Waals surface area contributed by atoms with Crippen molar-refractivity contribution in [3.05, 3.63) is 77.5 Å². The summed E-state index contributed by atoms with van der Waals surface area (Å²) in [5.41, 5.74) is 5.18. The van der Waals surface area contributed by atoms with Gasteiger partial charge in [-0.15, -0.1) is 0 Å². The SMILES string of the molecule is CC1=C(/C=C/C(C)=C/C=C/C(C)=C/C(=O)N2CCC2)C(C)(C)CCC1n1ccnc1. The van der Waals surface area contributed by atoms with Gasteiger partial charge in [-0.2, -0.15) is 0 Å². The molecule has 4 nitrogen and oxygen atoms in total. The molecular weight excluding hydrogens is 370 g/mol. The Morgan fingerprint density at radius 2 is 1.97 bits per heavy atom. The first-order valence-electron chi connectivity index (χ1n) is 11.0. The average Bonchev–Trinajstić information content (AvgIpc) is 3.13. The fourth-order valence-corrected chi connectivity index (χ4v) is 4.24. The fraction of sp³-hybridized carbons (Fsp3) is 0.462. The lowest BCUT2D eigenvalue weighted by molar-refractivity contribution is -0.129.